The number of aromatic nitrogens is 1. The highest BCUT2D eigenvalue weighted by Crippen LogP contribution is 2.29. The molecular formula is C15H19N3O2S. The number of anilines is 1. The summed E-state index contributed by atoms with van der Waals surface area (Å²) in [7, 11) is 0. The molecule has 0 fully saturated rings. The minimum absolute atomic E-state index is 0.225. The molecule has 2 amide bonds. The second-order valence-electron chi connectivity index (χ2n) is 5.30. The predicted octanol–water partition coefficient (Wildman–Crippen LogP) is 2.88. The van der Waals surface area contributed by atoms with Gasteiger partial charge in [-0.2, -0.15) is 0 Å². The Morgan fingerprint density at radius 1 is 1.24 bits per heavy atom. The smallest absolute Gasteiger partial charge is 0.246 e. The van der Waals surface area contributed by atoms with E-state index >= 15 is 0 Å². The van der Waals surface area contributed by atoms with Crippen LogP contribution in [0.15, 0.2) is 18.2 Å². The summed E-state index contributed by atoms with van der Waals surface area (Å²) >= 11 is 1.63. The zero-order valence-electron chi connectivity index (χ0n) is 12.6. The molecule has 0 aliphatic carbocycles. The van der Waals surface area contributed by atoms with Gasteiger partial charge in [-0.1, -0.05) is 13.8 Å². The van der Waals surface area contributed by atoms with Crippen LogP contribution in [0.2, 0.25) is 0 Å². The van der Waals surface area contributed by atoms with Crippen LogP contribution in [0.4, 0.5) is 5.69 Å². The lowest BCUT2D eigenvalue weighted by Gasteiger charge is -2.12. The molecular weight excluding hydrogens is 286 g/mol. The standard InChI is InChI=1S/C15H19N3O2S/c1-8(2)15-18-12-6-5-11(7-13(12)21-15)17-14(20)9(3)16-10(4)19/h5-9H,1-4H3,(H,16,19)(H,17,20). The molecule has 1 unspecified atom stereocenters. The average Bonchev–Trinajstić information content (AvgIpc) is 2.81. The lowest BCUT2D eigenvalue weighted by Crippen LogP contribution is -2.40. The van der Waals surface area contributed by atoms with Crippen molar-refractivity contribution in [1.29, 1.82) is 0 Å². The highest BCUT2D eigenvalue weighted by Gasteiger charge is 2.14. The molecule has 0 radical (unpaired) electrons. The number of fused-ring (bicyclic) bond motifs is 1. The number of nitrogens with zero attached hydrogens (tertiary/aromatic N) is 1. The van der Waals surface area contributed by atoms with E-state index in [0.717, 1.165) is 15.2 Å². The van der Waals surface area contributed by atoms with Crippen molar-refractivity contribution in [2.24, 2.45) is 0 Å². The summed E-state index contributed by atoms with van der Waals surface area (Å²) in [6.07, 6.45) is 0. The molecule has 0 aliphatic heterocycles. The molecule has 6 heteroatoms. The second kappa shape index (κ2) is 6.22. The molecule has 2 aromatic rings. The van der Waals surface area contributed by atoms with E-state index in [4.69, 9.17) is 0 Å². The van der Waals surface area contributed by atoms with E-state index in [0.29, 0.717) is 11.6 Å². The number of hydrogen-bond acceptors (Lipinski definition) is 4. The third kappa shape index (κ3) is 3.78. The van der Waals surface area contributed by atoms with Crippen LogP contribution in [-0.4, -0.2) is 22.8 Å². The van der Waals surface area contributed by atoms with Gasteiger partial charge in [-0.15, -0.1) is 11.3 Å². The van der Waals surface area contributed by atoms with E-state index in [-0.39, 0.29) is 11.8 Å². The van der Waals surface area contributed by atoms with Crippen LogP contribution < -0.4 is 10.6 Å². The maximum absolute atomic E-state index is 12.0. The van der Waals surface area contributed by atoms with Gasteiger partial charge in [-0.05, 0) is 25.1 Å². The minimum atomic E-state index is -0.564. The number of amides is 2. The molecule has 0 saturated heterocycles. The molecule has 21 heavy (non-hydrogen) atoms. The van der Waals surface area contributed by atoms with Crippen LogP contribution in [0.25, 0.3) is 10.2 Å². The number of rotatable bonds is 4. The van der Waals surface area contributed by atoms with Gasteiger partial charge >= 0.3 is 0 Å². The molecule has 2 rings (SSSR count). The van der Waals surface area contributed by atoms with Gasteiger partial charge in [0.15, 0.2) is 0 Å². The summed E-state index contributed by atoms with van der Waals surface area (Å²) in [5.41, 5.74) is 1.65. The van der Waals surface area contributed by atoms with Crippen molar-refractivity contribution >= 4 is 39.1 Å². The number of thiazole rings is 1. The monoisotopic (exact) mass is 305 g/mol. The first kappa shape index (κ1) is 15.4. The third-order valence-corrected chi connectivity index (χ3v) is 4.30. The van der Waals surface area contributed by atoms with Crippen molar-refractivity contribution in [2.75, 3.05) is 5.32 Å². The van der Waals surface area contributed by atoms with Gasteiger partial charge in [0.05, 0.1) is 15.2 Å². The minimum Gasteiger partial charge on any atom is -0.345 e. The molecule has 1 aromatic carbocycles. The Labute approximate surface area is 127 Å². The fourth-order valence-electron chi connectivity index (χ4n) is 1.89. The molecule has 1 heterocycles. The zero-order chi connectivity index (χ0) is 15.6. The summed E-state index contributed by atoms with van der Waals surface area (Å²) < 4.78 is 1.05. The van der Waals surface area contributed by atoms with Gasteiger partial charge in [-0.3, -0.25) is 9.59 Å². The van der Waals surface area contributed by atoms with E-state index in [9.17, 15) is 9.59 Å². The van der Waals surface area contributed by atoms with Gasteiger partial charge in [0.25, 0.3) is 0 Å². The molecule has 5 nitrogen and oxygen atoms in total. The first-order chi connectivity index (χ1) is 9.86. The first-order valence-electron chi connectivity index (χ1n) is 6.85. The van der Waals surface area contributed by atoms with E-state index < -0.39 is 6.04 Å². The lowest BCUT2D eigenvalue weighted by atomic mass is 10.2. The van der Waals surface area contributed by atoms with Crippen molar-refractivity contribution in [3.63, 3.8) is 0 Å². The SMILES string of the molecule is CC(=O)NC(C)C(=O)Nc1ccc2nc(C(C)C)sc2c1. The van der Waals surface area contributed by atoms with E-state index in [1.165, 1.54) is 6.92 Å². The highest BCUT2D eigenvalue weighted by molar-refractivity contribution is 7.18. The summed E-state index contributed by atoms with van der Waals surface area (Å²) in [6.45, 7) is 7.25. The van der Waals surface area contributed by atoms with E-state index in [1.807, 2.05) is 18.2 Å². The highest BCUT2D eigenvalue weighted by atomic mass is 32.1. The fourth-order valence-corrected chi connectivity index (χ4v) is 2.90. The predicted molar refractivity (Wildman–Crippen MR) is 85.6 cm³/mol. The summed E-state index contributed by atoms with van der Waals surface area (Å²) in [4.78, 5) is 27.5. The number of carbonyl (C=O) groups is 2. The Morgan fingerprint density at radius 2 is 1.95 bits per heavy atom. The number of nitrogens with one attached hydrogen (secondary N) is 2. The molecule has 1 aromatic heterocycles. The van der Waals surface area contributed by atoms with E-state index in [2.05, 4.69) is 29.5 Å². The van der Waals surface area contributed by atoms with Crippen LogP contribution in [0.3, 0.4) is 0 Å². The first-order valence-corrected chi connectivity index (χ1v) is 7.67. The molecule has 0 aliphatic rings. The van der Waals surface area contributed by atoms with Crippen LogP contribution >= 0.6 is 11.3 Å². The largest absolute Gasteiger partial charge is 0.345 e. The maximum Gasteiger partial charge on any atom is 0.246 e. The molecule has 2 N–H and O–H groups in total. The summed E-state index contributed by atoms with van der Waals surface area (Å²) in [6, 6.07) is 5.07. The fraction of sp³-hybridized carbons (Fsp3) is 0.400. The van der Waals surface area contributed by atoms with Crippen molar-refractivity contribution in [3.8, 4) is 0 Å². The van der Waals surface area contributed by atoms with Gasteiger partial charge in [-0.25, -0.2) is 4.98 Å². The molecule has 0 saturated carbocycles. The average molecular weight is 305 g/mol. The van der Waals surface area contributed by atoms with Gasteiger partial charge in [0.2, 0.25) is 11.8 Å². The molecule has 112 valence electrons. The van der Waals surface area contributed by atoms with Gasteiger partial charge in [0, 0.05) is 18.5 Å². The van der Waals surface area contributed by atoms with Crippen LogP contribution in [0.5, 0.6) is 0 Å². The normalized spacial score (nSPS) is 12.4. The zero-order valence-corrected chi connectivity index (χ0v) is 13.4. The lowest BCUT2D eigenvalue weighted by molar-refractivity contribution is -0.124. The van der Waals surface area contributed by atoms with Crippen molar-refractivity contribution in [1.82, 2.24) is 10.3 Å². The second-order valence-corrected chi connectivity index (χ2v) is 6.36. The number of carbonyl (C=O) groups excluding carboxylic acids is 2. The number of benzene rings is 1. The Morgan fingerprint density at radius 3 is 2.57 bits per heavy atom. The van der Waals surface area contributed by atoms with Gasteiger partial charge < -0.3 is 10.6 Å². The van der Waals surface area contributed by atoms with Crippen molar-refractivity contribution in [2.45, 2.75) is 39.7 Å². The summed E-state index contributed by atoms with van der Waals surface area (Å²) in [5, 5.41) is 6.44. The Bertz CT molecular complexity index is 679. The Hall–Kier alpha value is -1.95. The van der Waals surface area contributed by atoms with Gasteiger partial charge in [0.1, 0.15) is 6.04 Å². The maximum atomic E-state index is 12.0. The third-order valence-electron chi connectivity index (χ3n) is 2.98. The molecule has 0 spiro atoms. The number of hydrogen-bond donors (Lipinski definition) is 2. The van der Waals surface area contributed by atoms with Crippen LogP contribution in [0, 0.1) is 0 Å². The van der Waals surface area contributed by atoms with Crippen molar-refractivity contribution in [3.05, 3.63) is 23.2 Å². The molecule has 1 atom stereocenters. The quantitative estimate of drug-likeness (QED) is 0.912. The Kier molecular flexibility index (Phi) is 4.57. The van der Waals surface area contributed by atoms with Crippen LogP contribution in [0.1, 0.15) is 38.6 Å². The van der Waals surface area contributed by atoms with Crippen molar-refractivity contribution < 1.29 is 9.59 Å². The Balaban J connectivity index is 2.15. The van der Waals surface area contributed by atoms with Crippen LogP contribution in [-0.2, 0) is 9.59 Å². The van der Waals surface area contributed by atoms with E-state index in [1.54, 1.807) is 18.3 Å². The summed E-state index contributed by atoms with van der Waals surface area (Å²) in [5.74, 6) is -0.0736. The molecule has 0 bridgehead atoms. The topological polar surface area (TPSA) is 71.1 Å².